The van der Waals surface area contributed by atoms with Crippen LogP contribution in [0.2, 0.25) is 0 Å². The zero-order chi connectivity index (χ0) is 16.2. The second-order valence-electron chi connectivity index (χ2n) is 4.30. The first-order valence-corrected chi connectivity index (χ1v) is 10.8. The highest BCUT2D eigenvalue weighted by Crippen LogP contribution is 1.91. The van der Waals surface area contributed by atoms with Gasteiger partial charge in [0.25, 0.3) is 0 Å². The Kier molecular flexibility index (Phi) is 25.9. The molecule has 0 amide bonds. The average Bonchev–Trinajstić information content (AvgIpc) is 2.48. The second kappa shape index (κ2) is 22.8. The molecule has 0 aliphatic carbocycles. The van der Waals surface area contributed by atoms with Gasteiger partial charge in [-0.2, -0.15) is 0 Å². The molecule has 0 aliphatic rings. The van der Waals surface area contributed by atoms with E-state index in [9.17, 15) is 0 Å². The molecule has 0 saturated carbocycles. The highest BCUT2D eigenvalue weighted by Gasteiger charge is 2.11. The van der Waals surface area contributed by atoms with Gasteiger partial charge in [0.05, 0.1) is 0 Å². The first-order valence-electron chi connectivity index (χ1n) is 8.26. The Bertz CT molecular complexity index is 155. The van der Waals surface area contributed by atoms with Crippen LogP contribution in [-0.2, 0) is 20.9 Å². The summed E-state index contributed by atoms with van der Waals surface area (Å²) in [5.41, 5.74) is 0. The molecule has 0 fully saturated rings. The Labute approximate surface area is 140 Å². The molecule has 0 heterocycles. The van der Waals surface area contributed by atoms with Crippen molar-refractivity contribution in [1.29, 1.82) is 0 Å². The van der Waals surface area contributed by atoms with Gasteiger partial charge in [-0.05, 0) is 33.6 Å². The van der Waals surface area contributed by atoms with Crippen LogP contribution >= 0.6 is 0 Å². The summed E-state index contributed by atoms with van der Waals surface area (Å²) in [6, 6.07) is 0. The SMILES string of the molecule is CCCC[O][AlH][O]CCCC.CCO[SiH](OCC)OCC. The maximum atomic E-state index is 5.34. The second-order valence-corrected chi connectivity index (χ2v) is 6.93. The van der Waals surface area contributed by atoms with Crippen molar-refractivity contribution >= 4 is 25.4 Å². The lowest BCUT2D eigenvalue weighted by molar-refractivity contribution is 0.107. The minimum absolute atomic E-state index is 0.629. The van der Waals surface area contributed by atoms with E-state index in [1.165, 1.54) is 25.7 Å². The number of hydrogen-bond acceptors (Lipinski definition) is 5. The van der Waals surface area contributed by atoms with Crippen LogP contribution in [0.15, 0.2) is 0 Å². The number of unbranched alkanes of at least 4 members (excludes halogenated alkanes) is 2. The summed E-state index contributed by atoms with van der Waals surface area (Å²) < 4.78 is 26.3. The lowest BCUT2D eigenvalue weighted by Crippen LogP contribution is -2.27. The maximum absolute atomic E-state index is 5.34. The van der Waals surface area contributed by atoms with Crippen LogP contribution in [0.25, 0.3) is 0 Å². The van der Waals surface area contributed by atoms with Crippen molar-refractivity contribution in [2.75, 3.05) is 33.0 Å². The molecule has 0 spiro atoms. The monoisotopic (exact) mass is 338 g/mol. The van der Waals surface area contributed by atoms with Gasteiger partial charge in [-0.15, -0.1) is 0 Å². The van der Waals surface area contributed by atoms with E-state index in [0.717, 1.165) is 13.2 Å². The van der Waals surface area contributed by atoms with Crippen molar-refractivity contribution in [3.05, 3.63) is 0 Å². The summed E-state index contributed by atoms with van der Waals surface area (Å²) >= 11 is -0.629. The summed E-state index contributed by atoms with van der Waals surface area (Å²) in [6.45, 7) is 14.0. The molecule has 0 rings (SSSR count). The molecular weight excluding hydrogens is 303 g/mol. The zero-order valence-corrected chi connectivity index (χ0v) is 17.3. The van der Waals surface area contributed by atoms with E-state index < -0.39 is 25.4 Å². The molecule has 21 heavy (non-hydrogen) atoms. The van der Waals surface area contributed by atoms with Crippen molar-refractivity contribution in [1.82, 2.24) is 0 Å². The summed E-state index contributed by atoms with van der Waals surface area (Å²) in [4.78, 5) is 0. The molecule has 0 radical (unpaired) electrons. The van der Waals surface area contributed by atoms with Crippen molar-refractivity contribution in [2.45, 2.75) is 60.3 Å². The summed E-state index contributed by atoms with van der Waals surface area (Å²) in [6.07, 6.45) is 4.76. The van der Waals surface area contributed by atoms with Crippen LogP contribution in [0, 0.1) is 0 Å². The summed E-state index contributed by atoms with van der Waals surface area (Å²) in [5.74, 6) is 0. The largest absolute Gasteiger partial charge is 0.649 e. The van der Waals surface area contributed by atoms with Crippen LogP contribution in [0.5, 0.6) is 0 Å². The van der Waals surface area contributed by atoms with Gasteiger partial charge >= 0.3 is 25.4 Å². The summed E-state index contributed by atoms with van der Waals surface area (Å²) in [7, 11) is -1.73. The van der Waals surface area contributed by atoms with Gasteiger partial charge in [0.2, 0.25) is 0 Å². The quantitative estimate of drug-likeness (QED) is 0.360. The molecule has 5 nitrogen and oxygen atoms in total. The van der Waals surface area contributed by atoms with Crippen LogP contribution in [0.3, 0.4) is 0 Å². The number of rotatable bonds is 14. The lowest BCUT2D eigenvalue weighted by atomic mass is 10.4. The van der Waals surface area contributed by atoms with E-state index in [2.05, 4.69) is 13.8 Å². The van der Waals surface area contributed by atoms with E-state index in [4.69, 9.17) is 20.9 Å². The van der Waals surface area contributed by atoms with Gasteiger partial charge in [0, 0.05) is 33.0 Å². The third kappa shape index (κ3) is 23.0. The molecule has 7 heteroatoms. The minimum Gasteiger partial charge on any atom is -0.481 e. The Morgan fingerprint density at radius 1 is 0.667 bits per heavy atom. The van der Waals surface area contributed by atoms with E-state index >= 15 is 0 Å². The smallest absolute Gasteiger partial charge is 0.481 e. The van der Waals surface area contributed by atoms with Gasteiger partial charge < -0.3 is 20.9 Å². The highest BCUT2D eigenvalue weighted by atomic mass is 28.3. The predicted molar refractivity (Wildman–Crippen MR) is 90.9 cm³/mol. The molecule has 0 aromatic rings. The predicted octanol–water partition coefficient (Wildman–Crippen LogP) is 2.70. The van der Waals surface area contributed by atoms with Crippen molar-refractivity contribution in [3.8, 4) is 0 Å². The van der Waals surface area contributed by atoms with E-state index in [0.29, 0.717) is 19.8 Å². The van der Waals surface area contributed by atoms with Crippen LogP contribution in [-0.4, -0.2) is 58.4 Å². The fourth-order valence-corrected chi connectivity index (χ4v) is 3.09. The third-order valence-electron chi connectivity index (χ3n) is 2.36. The molecule has 0 unspecified atom stereocenters. The number of hydrogen-bond donors (Lipinski definition) is 0. The molecule has 0 atom stereocenters. The van der Waals surface area contributed by atoms with E-state index in [1.54, 1.807) is 0 Å². The third-order valence-corrected chi connectivity index (χ3v) is 5.09. The van der Waals surface area contributed by atoms with Gasteiger partial charge in [-0.25, -0.2) is 0 Å². The van der Waals surface area contributed by atoms with E-state index in [1.807, 2.05) is 20.8 Å². The molecule has 0 aliphatic heterocycles. The Morgan fingerprint density at radius 3 is 1.33 bits per heavy atom. The fourth-order valence-electron chi connectivity index (χ4n) is 1.22. The topological polar surface area (TPSA) is 46.2 Å². The van der Waals surface area contributed by atoms with Crippen molar-refractivity contribution in [3.63, 3.8) is 0 Å². The standard InChI is InChI=1S/C6H16O3Si.2C4H9O.Al.H/c1-4-7-10(8-5-2)9-6-3;2*1-2-3-4-5;;/h10H,4-6H2,1-3H3;2*2-4H2,1H3;;/q;2*-1;+2;. The summed E-state index contributed by atoms with van der Waals surface area (Å²) in [5, 5.41) is 0. The molecule has 0 aromatic carbocycles. The molecule has 0 bridgehead atoms. The van der Waals surface area contributed by atoms with Crippen LogP contribution in [0.1, 0.15) is 60.3 Å². The lowest BCUT2D eigenvalue weighted by Gasteiger charge is -2.12. The van der Waals surface area contributed by atoms with Gasteiger partial charge in [-0.3, -0.25) is 0 Å². The van der Waals surface area contributed by atoms with Gasteiger partial charge in [0.15, 0.2) is 0 Å². The molecule has 0 saturated heterocycles. The van der Waals surface area contributed by atoms with Crippen LogP contribution < -0.4 is 0 Å². The Morgan fingerprint density at radius 2 is 1.05 bits per heavy atom. The fraction of sp³-hybridized carbons (Fsp3) is 1.00. The molecule has 0 aromatic heterocycles. The minimum atomic E-state index is -1.73. The maximum Gasteiger partial charge on any atom is 0.649 e. The molecule has 128 valence electrons. The van der Waals surface area contributed by atoms with Crippen molar-refractivity contribution < 1.29 is 20.9 Å². The zero-order valence-electron chi connectivity index (χ0n) is 14.7. The first kappa shape index (κ1) is 23.8. The Hall–Kier alpha value is 0.549. The van der Waals surface area contributed by atoms with Gasteiger partial charge in [0.1, 0.15) is 0 Å². The normalized spacial score (nSPS) is 10.4. The van der Waals surface area contributed by atoms with Gasteiger partial charge in [-0.1, -0.05) is 26.7 Å². The Balaban J connectivity index is 0. The molecule has 0 N–H and O–H groups in total. The van der Waals surface area contributed by atoms with Crippen molar-refractivity contribution in [2.24, 2.45) is 0 Å². The van der Waals surface area contributed by atoms with E-state index in [-0.39, 0.29) is 0 Å². The molecular formula is C14H35AlO5Si. The highest BCUT2D eigenvalue weighted by molar-refractivity contribution is 6.36. The first-order chi connectivity index (χ1) is 10.3. The average molecular weight is 338 g/mol. The van der Waals surface area contributed by atoms with Crippen LogP contribution in [0.4, 0.5) is 0 Å².